The number of morpholine rings is 1. The lowest BCUT2D eigenvalue weighted by Crippen LogP contribution is -2.48. The second-order valence-corrected chi connectivity index (χ2v) is 7.82. The predicted octanol–water partition coefficient (Wildman–Crippen LogP) is 1.55. The van der Waals surface area contributed by atoms with Gasteiger partial charge in [0.2, 0.25) is 15.9 Å². The van der Waals surface area contributed by atoms with Gasteiger partial charge in [0, 0.05) is 26.6 Å². The van der Waals surface area contributed by atoms with E-state index in [0.717, 1.165) is 24.8 Å². The van der Waals surface area contributed by atoms with Crippen molar-refractivity contribution in [3.63, 3.8) is 0 Å². The Kier molecular flexibility index (Phi) is 6.77. The lowest BCUT2D eigenvalue weighted by Gasteiger charge is -2.32. The summed E-state index contributed by atoms with van der Waals surface area (Å²) < 4.78 is 32.8. The number of carbonyl (C=O) groups is 1. The maximum absolute atomic E-state index is 12.4. The minimum atomic E-state index is -3.57. The number of amides is 1. The maximum atomic E-state index is 12.4. The number of sulfonamides is 1. The van der Waals surface area contributed by atoms with E-state index in [1.807, 2.05) is 12.1 Å². The quantitative estimate of drug-likeness (QED) is 0.806. The number of carbonyl (C=O) groups excluding carboxylic acids is 1. The molecule has 1 aliphatic rings. The Hall–Kier alpha value is -1.44. The highest BCUT2D eigenvalue weighted by Crippen LogP contribution is 2.13. The van der Waals surface area contributed by atoms with Crippen LogP contribution in [0.15, 0.2) is 29.2 Å². The lowest BCUT2D eigenvalue weighted by molar-refractivity contribution is -0.136. The van der Waals surface area contributed by atoms with Crippen LogP contribution in [0.3, 0.4) is 0 Å². The molecule has 0 aromatic heterocycles. The Labute approximate surface area is 144 Å². The van der Waals surface area contributed by atoms with E-state index in [0.29, 0.717) is 19.7 Å². The first-order valence-electron chi connectivity index (χ1n) is 8.38. The van der Waals surface area contributed by atoms with Gasteiger partial charge in [-0.05, 0) is 30.5 Å². The van der Waals surface area contributed by atoms with Crippen molar-refractivity contribution in [2.24, 2.45) is 0 Å². The molecule has 0 bridgehead atoms. The molecule has 0 radical (unpaired) electrons. The molecular formula is C17H26N2O4S. The van der Waals surface area contributed by atoms with Gasteiger partial charge in [-0.25, -0.2) is 13.1 Å². The van der Waals surface area contributed by atoms with Crippen LogP contribution < -0.4 is 4.72 Å². The van der Waals surface area contributed by atoms with Gasteiger partial charge in [0.15, 0.2) is 0 Å². The molecule has 0 saturated carbocycles. The molecule has 1 saturated heterocycles. The molecule has 1 aromatic rings. The number of ether oxygens (including phenoxy) is 1. The van der Waals surface area contributed by atoms with Crippen molar-refractivity contribution in [3.05, 3.63) is 29.8 Å². The van der Waals surface area contributed by atoms with Crippen molar-refractivity contribution >= 4 is 15.9 Å². The average Bonchev–Trinajstić information content (AvgIpc) is 2.59. The maximum Gasteiger partial charge on any atom is 0.240 e. The molecular weight excluding hydrogens is 328 g/mol. The van der Waals surface area contributed by atoms with E-state index >= 15 is 0 Å². The molecule has 0 spiro atoms. The van der Waals surface area contributed by atoms with Crippen LogP contribution in [0.5, 0.6) is 0 Å². The summed E-state index contributed by atoms with van der Waals surface area (Å²) in [5, 5.41) is 0. The minimum Gasteiger partial charge on any atom is -0.373 e. The standard InChI is InChI=1S/C17H26N2O4S/c1-3-4-5-15-6-8-17(9-7-15)24(21,22)18-12-16-13-19(14(2)20)10-11-23-16/h6-9,16,18H,3-5,10-13H2,1-2H3/t16-/m0/s1. The molecule has 1 fully saturated rings. The first-order chi connectivity index (χ1) is 11.4. The number of unbranched alkanes of at least 4 members (excludes halogenated alkanes) is 1. The zero-order valence-corrected chi connectivity index (χ0v) is 15.1. The Morgan fingerprint density at radius 2 is 2.04 bits per heavy atom. The van der Waals surface area contributed by atoms with Crippen LogP contribution in [0.4, 0.5) is 0 Å². The summed E-state index contributed by atoms with van der Waals surface area (Å²) in [4.78, 5) is 13.3. The second kappa shape index (κ2) is 8.60. The largest absolute Gasteiger partial charge is 0.373 e. The molecule has 134 valence electrons. The van der Waals surface area contributed by atoms with E-state index < -0.39 is 10.0 Å². The van der Waals surface area contributed by atoms with E-state index in [1.165, 1.54) is 6.92 Å². The van der Waals surface area contributed by atoms with Gasteiger partial charge in [-0.3, -0.25) is 4.79 Å². The number of benzene rings is 1. The Morgan fingerprint density at radius 1 is 1.33 bits per heavy atom. The fraction of sp³-hybridized carbons (Fsp3) is 0.588. The van der Waals surface area contributed by atoms with Gasteiger partial charge in [-0.2, -0.15) is 0 Å². The zero-order valence-electron chi connectivity index (χ0n) is 14.3. The van der Waals surface area contributed by atoms with Gasteiger partial charge in [-0.1, -0.05) is 25.5 Å². The number of nitrogens with one attached hydrogen (secondary N) is 1. The number of hydrogen-bond donors (Lipinski definition) is 1. The smallest absolute Gasteiger partial charge is 0.240 e. The van der Waals surface area contributed by atoms with Crippen molar-refractivity contribution in [2.75, 3.05) is 26.2 Å². The monoisotopic (exact) mass is 354 g/mol. The normalized spacial score (nSPS) is 18.6. The second-order valence-electron chi connectivity index (χ2n) is 6.06. The zero-order chi connectivity index (χ0) is 17.6. The van der Waals surface area contributed by atoms with Crippen LogP contribution in [-0.4, -0.2) is 51.6 Å². The van der Waals surface area contributed by atoms with E-state index in [-0.39, 0.29) is 23.5 Å². The van der Waals surface area contributed by atoms with Crippen molar-refractivity contribution < 1.29 is 17.9 Å². The molecule has 6 nitrogen and oxygen atoms in total. The van der Waals surface area contributed by atoms with Crippen LogP contribution in [0.25, 0.3) is 0 Å². The van der Waals surface area contributed by atoms with Crippen LogP contribution >= 0.6 is 0 Å². The van der Waals surface area contributed by atoms with E-state index in [2.05, 4.69) is 11.6 Å². The van der Waals surface area contributed by atoms with Gasteiger partial charge in [0.1, 0.15) is 0 Å². The molecule has 24 heavy (non-hydrogen) atoms. The highest BCUT2D eigenvalue weighted by molar-refractivity contribution is 7.89. The molecule has 1 aromatic carbocycles. The van der Waals surface area contributed by atoms with Crippen LogP contribution in [0.1, 0.15) is 32.3 Å². The minimum absolute atomic E-state index is 0.0196. The summed E-state index contributed by atoms with van der Waals surface area (Å²) >= 11 is 0. The summed E-state index contributed by atoms with van der Waals surface area (Å²) in [5.74, 6) is -0.0196. The molecule has 1 heterocycles. The highest BCUT2D eigenvalue weighted by Gasteiger charge is 2.24. The van der Waals surface area contributed by atoms with Crippen molar-refractivity contribution in [3.8, 4) is 0 Å². The first kappa shape index (κ1) is 18.9. The third-order valence-corrected chi connectivity index (χ3v) is 5.58. The average molecular weight is 354 g/mol. The first-order valence-corrected chi connectivity index (χ1v) is 9.86. The van der Waals surface area contributed by atoms with E-state index in [9.17, 15) is 13.2 Å². The summed E-state index contributed by atoms with van der Waals surface area (Å²) in [6, 6.07) is 6.99. The van der Waals surface area contributed by atoms with E-state index in [4.69, 9.17) is 4.74 Å². The summed E-state index contributed by atoms with van der Waals surface area (Å²) in [6.45, 7) is 5.18. The molecule has 1 N–H and O–H groups in total. The van der Waals surface area contributed by atoms with Crippen LogP contribution in [-0.2, 0) is 26.0 Å². The fourth-order valence-electron chi connectivity index (χ4n) is 2.63. The SMILES string of the molecule is CCCCc1ccc(S(=O)(=O)NC[C@H]2CN(C(C)=O)CCO2)cc1. The van der Waals surface area contributed by atoms with Gasteiger partial charge < -0.3 is 9.64 Å². The molecule has 1 aliphatic heterocycles. The van der Waals surface area contributed by atoms with Crippen molar-refractivity contribution in [2.45, 2.75) is 44.1 Å². The molecule has 0 aliphatic carbocycles. The summed E-state index contributed by atoms with van der Waals surface area (Å²) in [6.07, 6.45) is 2.85. The summed E-state index contributed by atoms with van der Waals surface area (Å²) in [7, 11) is -3.57. The Bertz CT molecular complexity index is 643. The predicted molar refractivity (Wildman–Crippen MR) is 92.2 cm³/mol. The van der Waals surface area contributed by atoms with Crippen molar-refractivity contribution in [1.82, 2.24) is 9.62 Å². The summed E-state index contributed by atoms with van der Waals surface area (Å²) in [5.41, 5.74) is 1.14. The third kappa shape index (κ3) is 5.29. The van der Waals surface area contributed by atoms with Gasteiger partial charge in [0.25, 0.3) is 0 Å². The van der Waals surface area contributed by atoms with Gasteiger partial charge in [0.05, 0.1) is 17.6 Å². The Balaban J connectivity index is 1.92. The Morgan fingerprint density at radius 3 is 2.67 bits per heavy atom. The molecule has 2 rings (SSSR count). The van der Waals surface area contributed by atoms with Crippen molar-refractivity contribution in [1.29, 1.82) is 0 Å². The number of nitrogens with zero attached hydrogens (tertiary/aromatic N) is 1. The molecule has 1 amide bonds. The topological polar surface area (TPSA) is 75.7 Å². The fourth-order valence-corrected chi connectivity index (χ4v) is 3.70. The van der Waals surface area contributed by atoms with E-state index in [1.54, 1.807) is 17.0 Å². The number of hydrogen-bond acceptors (Lipinski definition) is 4. The van der Waals surface area contributed by atoms with Crippen LogP contribution in [0, 0.1) is 0 Å². The highest BCUT2D eigenvalue weighted by atomic mass is 32.2. The molecule has 1 atom stereocenters. The molecule has 0 unspecified atom stereocenters. The molecule has 7 heteroatoms. The number of aryl methyl sites for hydroxylation is 1. The van der Waals surface area contributed by atoms with Crippen LogP contribution in [0.2, 0.25) is 0 Å². The lowest BCUT2D eigenvalue weighted by atomic mass is 10.1. The number of rotatable bonds is 7. The van der Waals surface area contributed by atoms with Gasteiger partial charge >= 0.3 is 0 Å². The van der Waals surface area contributed by atoms with Gasteiger partial charge in [-0.15, -0.1) is 0 Å². The third-order valence-electron chi connectivity index (χ3n) is 4.14.